The number of nitrogens with one attached hydrogen (secondary N) is 1. The second kappa shape index (κ2) is 6.75. The van der Waals surface area contributed by atoms with E-state index in [1.807, 2.05) is 0 Å². The fourth-order valence-electron chi connectivity index (χ4n) is 2.14. The lowest BCUT2D eigenvalue weighted by Gasteiger charge is -2.11. The van der Waals surface area contributed by atoms with E-state index < -0.39 is 0 Å². The molecule has 110 valence electrons. The van der Waals surface area contributed by atoms with Crippen LogP contribution in [0.4, 0.5) is 0 Å². The molecule has 0 radical (unpaired) electrons. The predicted octanol–water partition coefficient (Wildman–Crippen LogP) is 3.20. The predicted molar refractivity (Wildman–Crippen MR) is 82.7 cm³/mol. The van der Waals surface area contributed by atoms with Gasteiger partial charge in [0.1, 0.15) is 0 Å². The fraction of sp³-hybridized carbons (Fsp3) is 0.562. The minimum atomic E-state index is 0.468. The molecule has 0 amide bonds. The third kappa shape index (κ3) is 3.73. The minimum absolute atomic E-state index is 0.468. The monoisotopic (exact) mass is 274 g/mol. The first kappa shape index (κ1) is 14.9. The van der Waals surface area contributed by atoms with Gasteiger partial charge >= 0.3 is 0 Å². The van der Waals surface area contributed by atoms with Gasteiger partial charge in [-0.1, -0.05) is 20.8 Å². The van der Waals surface area contributed by atoms with Crippen molar-refractivity contribution in [1.82, 2.24) is 19.7 Å². The van der Waals surface area contributed by atoms with Gasteiger partial charge in [-0.3, -0.25) is 4.68 Å². The quantitative estimate of drug-likeness (QED) is 0.841. The van der Waals surface area contributed by atoms with Gasteiger partial charge in [0.05, 0.1) is 12.2 Å². The van der Waals surface area contributed by atoms with Crippen molar-refractivity contribution in [2.24, 2.45) is 0 Å². The third-order valence-electron chi connectivity index (χ3n) is 3.65. The van der Waals surface area contributed by atoms with Crippen molar-refractivity contribution in [1.29, 1.82) is 0 Å². The fourth-order valence-corrected chi connectivity index (χ4v) is 2.14. The first-order valence-corrected chi connectivity index (χ1v) is 7.51. The molecule has 20 heavy (non-hydrogen) atoms. The molecule has 4 heteroatoms. The molecule has 1 N–H and O–H groups in total. The maximum atomic E-state index is 4.67. The number of nitrogens with zero attached hydrogens (tertiary/aromatic N) is 3. The molecule has 0 spiro atoms. The second-order valence-electron chi connectivity index (χ2n) is 5.71. The Hall–Kier alpha value is -1.55. The van der Waals surface area contributed by atoms with Crippen molar-refractivity contribution in [2.45, 2.75) is 59.3 Å². The van der Waals surface area contributed by atoms with Crippen molar-refractivity contribution in [3.05, 3.63) is 42.0 Å². The number of hydrogen-bond donors (Lipinski definition) is 1. The Bertz CT molecular complexity index is 524. The second-order valence-corrected chi connectivity index (χ2v) is 5.71. The molecule has 0 aliphatic carbocycles. The molecule has 2 rings (SSSR count). The smallest absolute Gasteiger partial charge is 0.0821 e. The molecule has 0 aliphatic rings. The summed E-state index contributed by atoms with van der Waals surface area (Å²) in [6, 6.07) is 7.36. The van der Waals surface area contributed by atoms with Crippen molar-refractivity contribution in [3.63, 3.8) is 0 Å². The average Bonchev–Trinajstić information content (AvgIpc) is 3.05. The molecule has 0 saturated heterocycles. The van der Waals surface area contributed by atoms with Crippen LogP contribution in [0.1, 0.15) is 51.5 Å². The molecule has 4 nitrogen and oxygen atoms in total. The molecular formula is C16H26N4. The zero-order valence-electron chi connectivity index (χ0n) is 13.0. The largest absolute Gasteiger partial charge is 0.344 e. The van der Waals surface area contributed by atoms with E-state index in [1.54, 1.807) is 0 Å². The normalized spacial score (nSPS) is 13.1. The summed E-state index contributed by atoms with van der Waals surface area (Å²) >= 11 is 0. The zero-order valence-corrected chi connectivity index (χ0v) is 13.0. The van der Waals surface area contributed by atoms with Crippen LogP contribution in [0.25, 0.3) is 0 Å². The highest BCUT2D eigenvalue weighted by molar-refractivity contribution is 5.11. The molecule has 1 atom stereocenters. The summed E-state index contributed by atoms with van der Waals surface area (Å²) in [5.41, 5.74) is 2.42. The highest BCUT2D eigenvalue weighted by Gasteiger charge is 2.07. The van der Waals surface area contributed by atoms with Gasteiger partial charge in [-0.25, -0.2) is 0 Å². The van der Waals surface area contributed by atoms with Crippen LogP contribution in [0.5, 0.6) is 0 Å². The molecule has 0 saturated carbocycles. The molecule has 2 aromatic rings. The first-order valence-electron chi connectivity index (χ1n) is 7.51. The Kier molecular flexibility index (Phi) is 5.01. The van der Waals surface area contributed by atoms with E-state index in [1.165, 1.54) is 5.69 Å². The van der Waals surface area contributed by atoms with Crippen LogP contribution < -0.4 is 5.32 Å². The lowest BCUT2D eigenvalue weighted by molar-refractivity contribution is 0.471. The van der Waals surface area contributed by atoms with Gasteiger partial charge < -0.3 is 9.88 Å². The Morgan fingerprint density at radius 1 is 1.20 bits per heavy atom. The average molecular weight is 274 g/mol. The van der Waals surface area contributed by atoms with Crippen molar-refractivity contribution in [2.75, 3.05) is 0 Å². The third-order valence-corrected chi connectivity index (χ3v) is 3.65. The van der Waals surface area contributed by atoms with E-state index in [2.05, 4.69) is 78.0 Å². The van der Waals surface area contributed by atoms with Gasteiger partial charge in [0.25, 0.3) is 0 Å². The van der Waals surface area contributed by atoms with E-state index in [4.69, 9.17) is 0 Å². The molecule has 0 fully saturated rings. The summed E-state index contributed by atoms with van der Waals surface area (Å²) in [5, 5.41) is 8.13. The highest BCUT2D eigenvalue weighted by Crippen LogP contribution is 2.11. The molecular weight excluding hydrogens is 248 g/mol. The van der Waals surface area contributed by atoms with Crippen LogP contribution in [0.2, 0.25) is 0 Å². The summed E-state index contributed by atoms with van der Waals surface area (Å²) in [6.07, 6.45) is 5.31. The minimum Gasteiger partial charge on any atom is -0.344 e. The topological polar surface area (TPSA) is 34.8 Å². The molecule has 0 bridgehead atoms. The maximum absolute atomic E-state index is 4.67. The van der Waals surface area contributed by atoms with E-state index in [9.17, 15) is 0 Å². The summed E-state index contributed by atoms with van der Waals surface area (Å²) in [4.78, 5) is 0. The van der Waals surface area contributed by atoms with Crippen LogP contribution >= 0.6 is 0 Å². The van der Waals surface area contributed by atoms with Crippen LogP contribution in [-0.4, -0.2) is 20.4 Å². The van der Waals surface area contributed by atoms with E-state index in [-0.39, 0.29) is 0 Å². The molecule has 2 heterocycles. The van der Waals surface area contributed by atoms with Crippen LogP contribution in [0.15, 0.2) is 30.6 Å². The lowest BCUT2D eigenvalue weighted by atomic mass is 10.3. The van der Waals surface area contributed by atoms with Gasteiger partial charge in [0.15, 0.2) is 0 Å². The Labute approximate surface area is 121 Å². The Balaban J connectivity index is 2.03. The Morgan fingerprint density at radius 2 is 2.00 bits per heavy atom. The van der Waals surface area contributed by atoms with Crippen LogP contribution in [0.3, 0.4) is 0 Å². The van der Waals surface area contributed by atoms with E-state index in [0.29, 0.717) is 12.1 Å². The van der Waals surface area contributed by atoms with E-state index >= 15 is 0 Å². The number of rotatable bonds is 7. The summed E-state index contributed by atoms with van der Waals surface area (Å²) in [5.74, 6) is 0. The molecule has 0 aromatic carbocycles. The van der Waals surface area contributed by atoms with Gasteiger partial charge in [-0.2, -0.15) is 5.10 Å². The Morgan fingerprint density at radius 3 is 2.70 bits per heavy atom. The van der Waals surface area contributed by atoms with Crippen molar-refractivity contribution < 1.29 is 0 Å². The summed E-state index contributed by atoms with van der Waals surface area (Å²) < 4.78 is 4.32. The van der Waals surface area contributed by atoms with Gasteiger partial charge in [-0.05, 0) is 31.5 Å². The zero-order chi connectivity index (χ0) is 14.5. The molecule has 0 aliphatic heterocycles. The highest BCUT2D eigenvalue weighted by atomic mass is 15.3. The lowest BCUT2D eigenvalue weighted by Crippen LogP contribution is -2.23. The standard InChI is InChI=1S/C16H26N4/c1-5-14(4)20-10-8-15(18-20)12-19-9-6-7-16(19)11-17-13(2)3/h6-10,13-14,17H,5,11-12H2,1-4H3. The first-order chi connectivity index (χ1) is 9.60. The molecule has 2 aromatic heterocycles. The summed E-state index contributed by atoms with van der Waals surface area (Å²) in [6.45, 7) is 10.5. The number of hydrogen-bond acceptors (Lipinski definition) is 2. The molecule has 1 unspecified atom stereocenters. The van der Waals surface area contributed by atoms with Gasteiger partial charge in [-0.15, -0.1) is 0 Å². The van der Waals surface area contributed by atoms with Gasteiger partial charge in [0.2, 0.25) is 0 Å². The SMILES string of the molecule is CCC(C)n1ccc(Cn2cccc2CNC(C)C)n1. The van der Waals surface area contributed by atoms with Crippen LogP contribution in [0, 0.1) is 0 Å². The van der Waals surface area contributed by atoms with Crippen molar-refractivity contribution in [3.8, 4) is 0 Å². The van der Waals surface area contributed by atoms with Gasteiger partial charge in [0, 0.05) is 36.7 Å². The summed E-state index contributed by atoms with van der Waals surface area (Å²) in [7, 11) is 0. The maximum Gasteiger partial charge on any atom is 0.0821 e. The van der Waals surface area contributed by atoms with Crippen LogP contribution in [-0.2, 0) is 13.1 Å². The number of aromatic nitrogens is 3. The van der Waals surface area contributed by atoms with Crippen molar-refractivity contribution >= 4 is 0 Å². The van der Waals surface area contributed by atoms with E-state index in [0.717, 1.165) is 25.2 Å².